The molecule has 130 valence electrons. The minimum atomic E-state index is -0.598. The molecule has 0 radical (unpaired) electrons. The molecular weight excluding hydrogens is 378 g/mol. The zero-order chi connectivity index (χ0) is 17.8. The second-order valence-corrected chi connectivity index (χ2v) is 5.67. The zero-order valence-electron chi connectivity index (χ0n) is 13.4. The van der Waals surface area contributed by atoms with E-state index in [0.29, 0.717) is 19.6 Å². The molecule has 0 unspecified atom stereocenters. The fraction of sp³-hybridized carbons (Fsp3) is 0.353. The van der Waals surface area contributed by atoms with Crippen LogP contribution in [0.25, 0.3) is 6.08 Å². The number of amides is 1. The molecule has 0 aliphatic rings. The maximum Gasteiger partial charge on any atom is 0.331 e. The van der Waals surface area contributed by atoms with E-state index in [1.54, 1.807) is 13.0 Å². The standard InChI is InChI=1S/C17H20BrNO5/c1-2-23-16(21)4-3-11-19-15(20)12-24-17(22)10-7-13-5-8-14(18)9-6-13/h5-10H,2-4,11-12H2,1H3,(H,19,20)/b10-7+. The number of benzene rings is 1. The van der Waals surface area contributed by atoms with Crippen LogP contribution in [0.2, 0.25) is 0 Å². The van der Waals surface area contributed by atoms with Gasteiger partial charge in [0.15, 0.2) is 6.61 Å². The first-order chi connectivity index (χ1) is 11.5. The summed E-state index contributed by atoms with van der Waals surface area (Å²) in [5.74, 6) is -1.31. The first-order valence-corrected chi connectivity index (χ1v) is 8.33. The summed E-state index contributed by atoms with van der Waals surface area (Å²) < 4.78 is 10.5. The number of esters is 2. The predicted molar refractivity (Wildman–Crippen MR) is 93.0 cm³/mol. The lowest BCUT2D eigenvalue weighted by Crippen LogP contribution is -2.29. The Kier molecular flexibility index (Phi) is 9.45. The van der Waals surface area contributed by atoms with Gasteiger partial charge < -0.3 is 14.8 Å². The number of rotatable bonds is 9. The third-order valence-electron chi connectivity index (χ3n) is 2.81. The number of carbonyl (C=O) groups excluding carboxylic acids is 3. The van der Waals surface area contributed by atoms with E-state index in [-0.39, 0.29) is 19.0 Å². The van der Waals surface area contributed by atoms with Crippen LogP contribution in [0.4, 0.5) is 0 Å². The molecule has 1 N–H and O–H groups in total. The molecule has 1 aromatic carbocycles. The van der Waals surface area contributed by atoms with Crippen molar-refractivity contribution in [3.63, 3.8) is 0 Å². The van der Waals surface area contributed by atoms with Gasteiger partial charge in [-0.05, 0) is 37.1 Å². The summed E-state index contributed by atoms with van der Waals surface area (Å²) in [5.41, 5.74) is 0.846. The molecule has 1 rings (SSSR count). The summed E-state index contributed by atoms with van der Waals surface area (Å²) in [6.45, 7) is 2.04. The van der Waals surface area contributed by atoms with Gasteiger partial charge in [-0.2, -0.15) is 0 Å². The van der Waals surface area contributed by atoms with Gasteiger partial charge in [0.25, 0.3) is 5.91 Å². The molecule has 7 heteroatoms. The van der Waals surface area contributed by atoms with E-state index in [1.807, 2.05) is 24.3 Å². The molecule has 0 aliphatic carbocycles. The molecule has 0 heterocycles. The maximum atomic E-state index is 11.5. The van der Waals surface area contributed by atoms with Gasteiger partial charge in [-0.1, -0.05) is 28.1 Å². The van der Waals surface area contributed by atoms with Crippen LogP contribution in [-0.4, -0.2) is 37.6 Å². The van der Waals surface area contributed by atoms with E-state index in [0.717, 1.165) is 10.0 Å². The minimum Gasteiger partial charge on any atom is -0.466 e. The van der Waals surface area contributed by atoms with Gasteiger partial charge in [0.1, 0.15) is 0 Å². The molecule has 0 atom stereocenters. The Hall–Kier alpha value is -2.15. The summed E-state index contributed by atoms with van der Waals surface area (Å²) in [4.78, 5) is 34.1. The van der Waals surface area contributed by atoms with Gasteiger partial charge in [-0.15, -0.1) is 0 Å². The Morgan fingerprint density at radius 2 is 1.88 bits per heavy atom. The molecule has 0 saturated heterocycles. The van der Waals surface area contributed by atoms with Crippen molar-refractivity contribution in [2.75, 3.05) is 19.8 Å². The van der Waals surface area contributed by atoms with Crippen molar-refractivity contribution in [3.8, 4) is 0 Å². The second-order valence-electron chi connectivity index (χ2n) is 4.75. The number of ether oxygens (including phenoxy) is 2. The lowest BCUT2D eigenvalue weighted by atomic mass is 10.2. The van der Waals surface area contributed by atoms with E-state index >= 15 is 0 Å². The number of hydrogen-bond acceptors (Lipinski definition) is 5. The molecule has 0 aromatic heterocycles. The maximum absolute atomic E-state index is 11.5. The molecule has 24 heavy (non-hydrogen) atoms. The highest BCUT2D eigenvalue weighted by Gasteiger charge is 2.06. The lowest BCUT2D eigenvalue weighted by molar-refractivity contribution is -0.143. The monoisotopic (exact) mass is 397 g/mol. The largest absolute Gasteiger partial charge is 0.466 e. The molecule has 0 fully saturated rings. The third kappa shape index (κ3) is 9.09. The molecule has 0 bridgehead atoms. The van der Waals surface area contributed by atoms with Crippen molar-refractivity contribution in [3.05, 3.63) is 40.4 Å². The highest BCUT2D eigenvalue weighted by Crippen LogP contribution is 2.11. The molecule has 1 amide bonds. The third-order valence-corrected chi connectivity index (χ3v) is 3.34. The summed E-state index contributed by atoms with van der Waals surface area (Å²) in [7, 11) is 0. The molecule has 0 aliphatic heterocycles. The number of hydrogen-bond donors (Lipinski definition) is 1. The highest BCUT2D eigenvalue weighted by molar-refractivity contribution is 9.10. The second kappa shape index (κ2) is 11.4. The van der Waals surface area contributed by atoms with Crippen LogP contribution in [0.15, 0.2) is 34.8 Å². The van der Waals surface area contributed by atoms with Gasteiger partial charge in [0.2, 0.25) is 0 Å². The predicted octanol–water partition coefficient (Wildman–Crippen LogP) is 2.46. The summed E-state index contributed by atoms with van der Waals surface area (Å²) in [6, 6.07) is 7.39. The van der Waals surface area contributed by atoms with Crippen molar-refractivity contribution >= 4 is 39.9 Å². The van der Waals surface area contributed by atoms with Crippen LogP contribution < -0.4 is 5.32 Å². The molecule has 0 spiro atoms. The Labute approximate surface area is 149 Å². The van der Waals surface area contributed by atoms with Gasteiger partial charge in [0, 0.05) is 23.5 Å². The van der Waals surface area contributed by atoms with Crippen LogP contribution in [0, 0.1) is 0 Å². The van der Waals surface area contributed by atoms with Gasteiger partial charge in [0.05, 0.1) is 6.61 Å². The molecule has 0 saturated carbocycles. The van der Waals surface area contributed by atoms with E-state index < -0.39 is 11.9 Å². The number of nitrogens with one attached hydrogen (secondary N) is 1. The Bertz CT molecular complexity index is 583. The fourth-order valence-electron chi connectivity index (χ4n) is 1.67. The Balaban J connectivity index is 2.18. The first-order valence-electron chi connectivity index (χ1n) is 7.54. The average molecular weight is 398 g/mol. The van der Waals surface area contributed by atoms with Gasteiger partial charge in [-0.3, -0.25) is 9.59 Å². The smallest absolute Gasteiger partial charge is 0.331 e. The first kappa shape index (κ1) is 19.9. The number of halogens is 1. The highest BCUT2D eigenvalue weighted by atomic mass is 79.9. The Morgan fingerprint density at radius 1 is 1.17 bits per heavy atom. The van der Waals surface area contributed by atoms with E-state index in [2.05, 4.69) is 21.2 Å². The Morgan fingerprint density at radius 3 is 2.54 bits per heavy atom. The fourth-order valence-corrected chi connectivity index (χ4v) is 1.93. The van der Waals surface area contributed by atoms with E-state index in [1.165, 1.54) is 6.08 Å². The summed E-state index contributed by atoms with van der Waals surface area (Å²) >= 11 is 3.32. The number of carbonyl (C=O) groups is 3. The van der Waals surface area contributed by atoms with Gasteiger partial charge >= 0.3 is 11.9 Å². The molecule has 6 nitrogen and oxygen atoms in total. The van der Waals surface area contributed by atoms with Crippen molar-refractivity contribution in [2.45, 2.75) is 19.8 Å². The van der Waals surface area contributed by atoms with Crippen LogP contribution in [0.3, 0.4) is 0 Å². The zero-order valence-corrected chi connectivity index (χ0v) is 15.0. The van der Waals surface area contributed by atoms with Crippen LogP contribution >= 0.6 is 15.9 Å². The van der Waals surface area contributed by atoms with Crippen LogP contribution in [0.5, 0.6) is 0 Å². The normalized spacial score (nSPS) is 10.4. The van der Waals surface area contributed by atoms with Crippen LogP contribution in [-0.2, 0) is 23.9 Å². The minimum absolute atomic E-state index is 0.240. The van der Waals surface area contributed by atoms with E-state index in [9.17, 15) is 14.4 Å². The SMILES string of the molecule is CCOC(=O)CCCNC(=O)COC(=O)/C=C/c1ccc(Br)cc1. The van der Waals surface area contributed by atoms with Crippen molar-refractivity contribution in [1.29, 1.82) is 0 Å². The van der Waals surface area contributed by atoms with Crippen molar-refractivity contribution in [2.24, 2.45) is 0 Å². The topological polar surface area (TPSA) is 81.7 Å². The van der Waals surface area contributed by atoms with Crippen LogP contribution in [0.1, 0.15) is 25.3 Å². The van der Waals surface area contributed by atoms with E-state index in [4.69, 9.17) is 9.47 Å². The van der Waals surface area contributed by atoms with Crippen molar-refractivity contribution in [1.82, 2.24) is 5.32 Å². The quantitative estimate of drug-likeness (QED) is 0.393. The molecule has 1 aromatic rings. The van der Waals surface area contributed by atoms with Gasteiger partial charge in [-0.25, -0.2) is 4.79 Å². The van der Waals surface area contributed by atoms with Crippen molar-refractivity contribution < 1.29 is 23.9 Å². The summed E-state index contributed by atoms with van der Waals surface area (Å²) in [5, 5.41) is 2.56. The molecular formula is C17H20BrNO5. The lowest BCUT2D eigenvalue weighted by Gasteiger charge is -2.05. The average Bonchev–Trinajstić information content (AvgIpc) is 2.56. The summed E-state index contributed by atoms with van der Waals surface area (Å²) in [6.07, 6.45) is 3.58.